The van der Waals surface area contributed by atoms with E-state index in [0.29, 0.717) is 30.8 Å². The highest BCUT2D eigenvalue weighted by Crippen LogP contribution is 2.25. The van der Waals surface area contributed by atoms with Crippen LogP contribution >= 0.6 is 0 Å². The van der Waals surface area contributed by atoms with E-state index < -0.39 is 15.9 Å². The van der Waals surface area contributed by atoms with Gasteiger partial charge in [-0.2, -0.15) is 4.31 Å². The van der Waals surface area contributed by atoms with Crippen molar-refractivity contribution in [3.63, 3.8) is 0 Å². The number of carbonyl (C=O) groups excluding carboxylic acids is 2. The maximum Gasteiger partial charge on any atom is 0.243 e. The predicted octanol–water partition coefficient (Wildman–Crippen LogP) is 1.64. The third-order valence-electron chi connectivity index (χ3n) is 5.05. The van der Waals surface area contributed by atoms with E-state index in [-0.39, 0.29) is 36.2 Å². The SMILES string of the molecule is COc1ccc(S(=O)(=O)N2CCC[C@@H](C(=O)NCCC(=O)Nc3cccnc3)C2)cc1. The van der Waals surface area contributed by atoms with Gasteiger partial charge in [0.2, 0.25) is 21.8 Å². The molecule has 1 aliphatic rings. The number of hydrogen-bond donors (Lipinski definition) is 2. The van der Waals surface area contributed by atoms with Crippen molar-refractivity contribution < 1.29 is 22.7 Å². The maximum absolute atomic E-state index is 12.9. The fourth-order valence-corrected chi connectivity index (χ4v) is 4.90. The third kappa shape index (κ3) is 6.02. The summed E-state index contributed by atoms with van der Waals surface area (Å²) in [5.41, 5.74) is 0.588. The van der Waals surface area contributed by atoms with E-state index in [2.05, 4.69) is 15.6 Å². The van der Waals surface area contributed by atoms with Crippen molar-refractivity contribution in [2.45, 2.75) is 24.2 Å². The summed E-state index contributed by atoms with van der Waals surface area (Å²) in [5, 5.41) is 5.44. The topological polar surface area (TPSA) is 118 Å². The molecule has 0 saturated carbocycles. The zero-order chi connectivity index (χ0) is 22.3. The quantitative estimate of drug-likeness (QED) is 0.637. The molecule has 0 bridgehead atoms. The first-order valence-electron chi connectivity index (χ1n) is 10.0. The smallest absolute Gasteiger partial charge is 0.243 e. The van der Waals surface area contributed by atoms with Crippen LogP contribution in [0.4, 0.5) is 5.69 Å². The molecule has 2 heterocycles. The number of hydrogen-bond acceptors (Lipinski definition) is 6. The number of aromatic nitrogens is 1. The molecule has 1 aromatic heterocycles. The fraction of sp³-hybridized carbons (Fsp3) is 0.381. The minimum absolute atomic E-state index is 0.112. The summed E-state index contributed by atoms with van der Waals surface area (Å²) < 4.78 is 32.3. The van der Waals surface area contributed by atoms with Gasteiger partial charge in [-0.15, -0.1) is 0 Å². The number of amides is 2. The van der Waals surface area contributed by atoms with E-state index in [1.807, 2.05) is 0 Å². The van der Waals surface area contributed by atoms with Gasteiger partial charge in [-0.1, -0.05) is 0 Å². The lowest BCUT2D eigenvalue weighted by Gasteiger charge is -2.31. The maximum atomic E-state index is 12.9. The van der Waals surface area contributed by atoms with Gasteiger partial charge in [0.1, 0.15) is 5.75 Å². The summed E-state index contributed by atoms with van der Waals surface area (Å²) in [7, 11) is -2.18. The number of ether oxygens (including phenoxy) is 1. The molecule has 0 unspecified atom stereocenters. The molecule has 9 nitrogen and oxygen atoms in total. The normalized spacial score (nSPS) is 17.0. The summed E-state index contributed by atoms with van der Waals surface area (Å²) in [6.45, 7) is 0.653. The third-order valence-corrected chi connectivity index (χ3v) is 6.93. The van der Waals surface area contributed by atoms with Crippen molar-refractivity contribution in [3.8, 4) is 5.75 Å². The van der Waals surface area contributed by atoms with E-state index in [9.17, 15) is 18.0 Å². The summed E-state index contributed by atoms with van der Waals surface area (Å²) in [4.78, 5) is 28.6. The first-order chi connectivity index (χ1) is 14.9. The van der Waals surface area contributed by atoms with E-state index in [1.165, 1.54) is 29.7 Å². The highest BCUT2D eigenvalue weighted by molar-refractivity contribution is 7.89. The van der Waals surface area contributed by atoms with Crippen molar-refractivity contribution in [3.05, 3.63) is 48.8 Å². The van der Waals surface area contributed by atoms with Crippen molar-refractivity contribution in [1.29, 1.82) is 0 Å². The van der Waals surface area contributed by atoms with Gasteiger partial charge in [-0.05, 0) is 49.2 Å². The lowest BCUT2D eigenvalue weighted by atomic mass is 9.99. The second-order valence-corrected chi connectivity index (χ2v) is 9.15. The number of nitrogens with one attached hydrogen (secondary N) is 2. The molecular formula is C21H26N4O5S. The molecule has 2 amide bonds. The molecule has 31 heavy (non-hydrogen) atoms. The van der Waals surface area contributed by atoms with Gasteiger partial charge < -0.3 is 15.4 Å². The molecule has 2 aromatic rings. The number of nitrogens with zero attached hydrogens (tertiary/aromatic N) is 2. The molecule has 10 heteroatoms. The highest BCUT2D eigenvalue weighted by Gasteiger charge is 2.33. The van der Waals surface area contributed by atoms with E-state index in [0.717, 1.165) is 0 Å². The number of benzene rings is 1. The minimum atomic E-state index is -3.69. The number of pyridine rings is 1. The van der Waals surface area contributed by atoms with Crippen molar-refractivity contribution in [1.82, 2.24) is 14.6 Å². The average molecular weight is 447 g/mol. The molecule has 3 rings (SSSR count). The Labute approximate surface area is 181 Å². The van der Waals surface area contributed by atoms with Crippen LogP contribution in [0, 0.1) is 5.92 Å². The molecule has 1 atom stereocenters. The monoisotopic (exact) mass is 446 g/mol. The first-order valence-corrected chi connectivity index (χ1v) is 11.5. The van der Waals surface area contributed by atoms with Crippen LogP contribution in [0.25, 0.3) is 0 Å². The van der Waals surface area contributed by atoms with Gasteiger partial charge in [0.25, 0.3) is 0 Å². The van der Waals surface area contributed by atoms with E-state index in [4.69, 9.17) is 4.74 Å². The Morgan fingerprint density at radius 3 is 2.68 bits per heavy atom. The van der Waals surface area contributed by atoms with Crippen LogP contribution in [0.5, 0.6) is 5.75 Å². The molecule has 0 radical (unpaired) electrons. The van der Waals surface area contributed by atoms with Gasteiger partial charge >= 0.3 is 0 Å². The molecule has 2 N–H and O–H groups in total. The van der Waals surface area contributed by atoms with Crippen LogP contribution in [0.15, 0.2) is 53.7 Å². The van der Waals surface area contributed by atoms with Crippen LogP contribution in [-0.4, -0.2) is 56.3 Å². The fourth-order valence-electron chi connectivity index (χ4n) is 3.38. The van der Waals surface area contributed by atoms with Gasteiger partial charge in [-0.3, -0.25) is 14.6 Å². The zero-order valence-corrected chi connectivity index (χ0v) is 18.1. The number of piperidine rings is 1. The Hall–Kier alpha value is -2.98. The van der Waals surface area contributed by atoms with Crippen LogP contribution in [0.2, 0.25) is 0 Å². The number of anilines is 1. The number of sulfonamides is 1. The van der Waals surface area contributed by atoms with E-state index >= 15 is 0 Å². The summed E-state index contributed by atoms with van der Waals surface area (Å²) in [5.74, 6) is -0.366. The van der Waals surface area contributed by atoms with E-state index in [1.54, 1.807) is 30.5 Å². The predicted molar refractivity (Wildman–Crippen MR) is 115 cm³/mol. The second-order valence-electron chi connectivity index (χ2n) is 7.21. The van der Waals surface area contributed by atoms with Crippen LogP contribution < -0.4 is 15.4 Å². The average Bonchev–Trinajstić information content (AvgIpc) is 2.79. The van der Waals surface area contributed by atoms with Gasteiger partial charge in [0.15, 0.2) is 0 Å². The Morgan fingerprint density at radius 1 is 1.23 bits per heavy atom. The summed E-state index contributed by atoms with van der Waals surface area (Å²) in [6, 6.07) is 9.63. The number of carbonyl (C=O) groups is 2. The molecule has 1 fully saturated rings. The lowest BCUT2D eigenvalue weighted by Crippen LogP contribution is -2.45. The number of methoxy groups -OCH3 is 1. The lowest BCUT2D eigenvalue weighted by molar-refractivity contribution is -0.126. The standard InChI is InChI=1S/C21H26N4O5S/c1-30-18-6-8-19(9-7-18)31(28,29)25-13-3-4-16(15-25)21(27)23-12-10-20(26)24-17-5-2-11-22-14-17/h2,5-9,11,14,16H,3-4,10,12-13,15H2,1H3,(H,23,27)(H,24,26)/t16-/m1/s1. The molecule has 0 spiro atoms. The first kappa shape index (κ1) is 22.7. The number of rotatable bonds is 8. The summed E-state index contributed by atoms with van der Waals surface area (Å²) in [6.07, 6.45) is 4.45. The Balaban J connectivity index is 1.51. The van der Waals surface area contributed by atoms with Crippen LogP contribution in [0.1, 0.15) is 19.3 Å². The van der Waals surface area contributed by atoms with Crippen molar-refractivity contribution in [2.24, 2.45) is 5.92 Å². The Bertz CT molecular complexity index is 996. The van der Waals surface area contributed by atoms with Crippen molar-refractivity contribution in [2.75, 3.05) is 32.1 Å². The van der Waals surface area contributed by atoms with Crippen LogP contribution in [0.3, 0.4) is 0 Å². The largest absolute Gasteiger partial charge is 0.497 e. The van der Waals surface area contributed by atoms with Gasteiger partial charge in [0.05, 0.1) is 29.8 Å². The molecule has 0 aliphatic carbocycles. The molecule has 1 saturated heterocycles. The zero-order valence-electron chi connectivity index (χ0n) is 17.3. The molecular weight excluding hydrogens is 420 g/mol. The Morgan fingerprint density at radius 2 is 2.00 bits per heavy atom. The second kappa shape index (κ2) is 10.4. The molecule has 1 aromatic carbocycles. The minimum Gasteiger partial charge on any atom is -0.497 e. The summed E-state index contributed by atoms with van der Waals surface area (Å²) >= 11 is 0. The highest BCUT2D eigenvalue weighted by atomic mass is 32.2. The molecule has 166 valence electrons. The van der Waals surface area contributed by atoms with Crippen molar-refractivity contribution >= 4 is 27.5 Å². The van der Waals surface area contributed by atoms with Gasteiger partial charge in [-0.25, -0.2) is 8.42 Å². The Kier molecular flexibility index (Phi) is 7.59. The van der Waals surface area contributed by atoms with Crippen LogP contribution in [-0.2, 0) is 19.6 Å². The molecule has 1 aliphatic heterocycles. The van der Waals surface area contributed by atoms with Gasteiger partial charge in [0, 0.05) is 32.3 Å².